The largest absolute Gasteiger partial charge is 0.347 e. The van der Waals surface area contributed by atoms with Gasteiger partial charge in [0.05, 0.1) is 12.2 Å². The van der Waals surface area contributed by atoms with Gasteiger partial charge in [0, 0.05) is 6.42 Å². The molecule has 0 N–H and O–H groups in total. The Labute approximate surface area is 67.9 Å². The number of fused-ring (bicyclic) bond motifs is 2. The van der Waals surface area contributed by atoms with Gasteiger partial charge in [-0.05, 0) is 33.1 Å². The van der Waals surface area contributed by atoms with Crippen LogP contribution in [0.15, 0.2) is 0 Å². The Morgan fingerprint density at radius 3 is 2.91 bits per heavy atom. The molecule has 3 atom stereocenters. The molecule has 0 saturated carbocycles. The lowest BCUT2D eigenvalue weighted by Gasteiger charge is -2.45. The molecule has 0 aromatic rings. The molecule has 2 aliphatic heterocycles. The molecule has 2 aliphatic rings. The molecule has 0 unspecified atom stereocenters. The topological polar surface area (TPSA) is 18.5 Å². The van der Waals surface area contributed by atoms with Crippen LogP contribution in [-0.4, -0.2) is 18.0 Å². The van der Waals surface area contributed by atoms with Gasteiger partial charge in [-0.25, -0.2) is 0 Å². The van der Waals surface area contributed by atoms with Gasteiger partial charge in [-0.15, -0.1) is 0 Å². The standard InChI is InChI=1S/C9H16O2/c1-7-6-8-4-3-5-9(2,10-7)11-8/h7-8H,3-6H2,1-2H3/t7-,8-,9+/m1/s1. The smallest absolute Gasteiger partial charge is 0.166 e. The summed E-state index contributed by atoms with van der Waals surface area (Å²) < 4.78 is 11.5. The van der Waals surface area contributed by atoms with E-state index in [2.05, 4.69) is 13.8 Å². The first kappa shape index (κ1) is 7.56. The normalized spacial score (nSPS) is 50.7. The maximum Gasteiger partial charge on any atom is 0.166 e. The van der Waals surface area contributed by atoms with Crippen LogP contribution in [0.3, 0.4) is 0 Å². The van der Waals surface area contributed by atoms with Crippen LogP contribution in [0, 0.1) is 0 Å². The van der Waals surface area contributed by atoms with Crippen molar-refractivity contribution in [2.75, 3.05) is 0 Å². The summed E-state index contributed by atoms with van der Waals surface area (Å²) in [5.74, 6) is -0.249. The highest BCUT2D eigenvalue weighted by Crippen LogP contribution is 2.37. The lowest BCUT2D eigenvalue weighted by Crippen LogP contribution is -2.48. The predicted molar refractivity (Wildman–Crippen MR) is 42.3 cm³/mol. The minimum Gasteiger partial charge on any atom is -0.347 e. The molecule has 2 fully saturated rings. The molecule has 2 nitrogen and oxygen atoms in total. The van der Waals surface area contributed by atoms with Gasteiger partial charge in [0.1, 0.15) is 0 Å². The highest BCUT2D eigenvalue weighted by atomic mass is 16.7. The number of rotatable bonds is 0. The Balaban J connectivity index is 2.09. The minimum absolute atomic E-state index is 0.249. The Hall–Kier alpha value is -0.0800. The van der Waals surface area contributed by atoms with Crippen LogP contribution in [-0.2, 0) is 9.47 Å². The van der Waals surface area contributed by atoms with E-state index in [4.69, 9.17) is 9.47 Å². The van der Waals surface area contributed by atoms with Crippen LogP contribution >= 0.6 is 0 Å². The van der Waals surface area contributed by atoms with Gasteiger partial charge in [-0.3, -0.25) is 0 Å². The fourth-order valence-electron chi connectivity index (χ4n) is 2.22. The van der Waals surface area contributed by atoms with Crippen molar-refractivity contribution in [3.8, 4) is 0 Å². The van der Waals surface area contributed by atoms with E-state index in [1.54, 1.807) is 0 Å². The third kappa shape index (κ3) is 1.42. The van der Waals surface area contributed by atoms with Gasteiger partial charge in [0.25, 0.3) is 0 Å². The van der Waals surface area contributed by atoms with Crippen molar-refractivity contribution in [3.05, 3.63) is 0 Å². The first-order chi connectivity index (χ1) is 5.18. The van der Waals surface area contributed by atoms with Crippen LogP contribution in [0.5, 0.6) is 0 Å². The van der Waals surface area contributed by atoms with Gasteiger partial charge < -0.3 is 9.47 Å². The summed E-state index contributed by atoms with van der Waals surface area (Å²) in [6, 6.07) is 0. The van der Waals surface area contributed by atoms with Crippen molar-refractivity contribution < 1.29 is 9.47 Å². The Morgan fingerprint density at radius 2 is 2.18 bits per heavy atom. The van der Waals surface area contributed by atoms with Crippen molar-refractivity contribution in [3.63, 3.8) is 0 Å². The number of ether oxygens (including phenoxy) is 2. The summed E-state index contributed by atoms with van der Waals surface area (Å²) in [6.07, 6.45) is 5.48. The summed E-state index contributed by atoms with van der Waals surface area (Å²) in [5.41, 5.74) is 0. The van der Waals surface area contributed by atoms with Crippen molar-refractivity contribution >= 4 is 0 Å². The third-order valence-electron chi connectivity index (χ3n) is 2.62. The van der Waals surface area contributed by atoms with Gasteiger partial charge in [-0.1, -0.05) is 0 Å². The molecule has 0 spiro atoms. The minimum atomic E-state index is -0.249. The highest BCUT2D eigenvalue weighted by molar-refractivity contribution is 4.81. The van der Waals surface area contributed by atoms with Gasteiger partial charge in [-0.2, -0.15) is 0 Å². The molecule has 2 heterocycles. The van der Waals surface area contributed by atoms with Crippen molar-refractivity contribution in [2.45, 2.75) is 57.5 Å². The Kier molecular flexibility index (Phi) is 1.69. The first-order valence-corrected chi connectivity index (χ1v) is 4.54. The molecule has 2 bridgehead atoms. The molecule has 0 aromatic heterocycles. The molecule has 2 saturated heterocycles. The molecule has 0 aliphatic carbocycles. The summed E-state index contributed by atoms with van der Waals surface area (Å²) in [5, 5.41) is 0. The van der Waals surface area contributed by atoms with E-state index >= 15 is 0 Å². The van der Waals surface area contributed by atoms with Crippen molar-refractivity contribution in [1.82, 2.24) is 0 Å². The zero-order valence-corrected chi connectivity index (χ0v) is 7.30. The fraction of sp³-hybridized carbons (Fsp3) is 1.00. The molecular weight excluding hydrogens is 140 g/mol. The Morgan fingerprint density at radius 1 is 1.36 bits per heavy atom. The zero-order valence-electron chi connectivity index (χ0n) is 7.30. The van der Waals surface area contributed by atoms with E-state index < -0.39 is 0 Å². The van der Waals surface area contributed by atoms with Gasteiger partial charge in [0.15, 0.2) is 5.79 Å². The Bertz CT molecular complexity index is 154. The predicted octanol–water partition coefficient (Wildman–Crippen LogP) is 2.08. The van der Waals surface area contributed by atoms with Gasteiger partial charge in [0.2, 0.25) is 0 Å². The maximum atomic E-state index is 5.76. The molecule has 11 heavy (non-hydrogen) atoms. The fourth-order valence-corrected chi connectivity index (χ4v) is 2.22. The molecule has 0 aromatic carbocycles. The SMILES string of the molecule is C[C@@H]1C[C@H]2CCC[C@](C)(O2)O1. The average molecular weight is 156 g/mol. The van der Waals surface area contributed by atoms with Gasteiger partial charge >= 0.3 is 0 Å². The van der Waals surface area contributed by atoms with Crippen molar-refractivity contribution in [2.24, 2.45) is 0 Å². The second kappa shape index (κ2) is 2.46. The van der Waals surface area contributed by atoms with Crippen LogP contribution < -0.4 is 0 Å². The third-order valence-corrected chi connectivity index (χ3v) is 2.62. The van der Waals surface area contributed by atoms with E-state index in [-0.39, 0.29) is 5.79 Å². The lowest BCUT2D eigenvalue weighted by molar-refractivity contribution is -0.323. The summed E-state index contributed by atoms with van der Waals surface area (Å²) >= 11 is 0. The van der Waals surface area contributed by atoms with E-state index in [0.29, 0.717) is 12.2 Å². The van der Waals surface area contributed by atoms with E-state index in [1.165, 1.54) is 12.8 Å². The monoisotopic (exact) mass is 156 g/mol. The average Bonchev–Trinajstić information content (AvgIpc) is 1.82. The molecular formula is C9H16O2. The summed E-state index contributed by atoms with van der Waals surface area (Å²) in [6.45, 7) is 4.20. The van der Waals surface area contributed by atoms with Crippen LogP contribution in [0.4, 0.5) is 0 Å². The van der Waals surface area contributed by atoms with E-state index in [1.807, 2.05) is 0 Å². The maximum absolute atomic E-state index is 5.76. The summed E-state index contributed by atoms with van der Waals surface area (Å²) in [7, 11) is 0. The second-order valence-electron chi connectivity index (χ2n) is 3.93. The van der Waals surface area contributed by atoms with Crippen LogP contribution in [0.1, 0.15) is 39.5 Å². The summed E-state index contributed by atoms with van der Waals surface area (Å²) in [4.78, 5) is 0. The molecule has 2 heteroatoms. The van der Waals surface area contributed by atoms with E-state index in [0.717, 1.165) is 12.8 Å². The lowest BCUT2D eigenvalue weighted by atomic mass is 9.96. The van der Waals surface area contributed by atoms with E-state index in [9.17, 15) is 0 Å². The second-order valence-corrected chi connectivity index (χ2v) is 3.93. The zero-order chi connectivity index (χ0) is 7.90. The van der Waals surface area contributed by atoms with Crippen molar-refractivity contribution in [1.29, 1.82) is 0 Å². The number of hydrogen-bond acceptors (Lipinski definition) is 2. The molecule has 2 rings (SSSR count). The number of hydrogen-bond donors (Lipinski definition) is 0. The first-order valence-electron chi connectivity index (χ1n) is 4.54. The molecule has 0 radical (unpaired) electrons. The van der Waals surface area contributed by atoms with Crippen LogP contribution in [0.2, 0.25) is 0 Å². The molecule has 0 amide bonds. The quantitative estimate of drug-likeness (QED) is 0.534. The highest BCUT2D eigenvalue weighted by Gasteiger charge is 2.40. The molecule has 64 valence electrons. The van der Waals surface area contributed by atoms with Crippen LogP contribution in [0.25, 0.3) is 0 Å².